The predicted molar refractivity (Wildman–Crippen MR) is 73.3 cm³/mol. The first kappa shape index (κ1) is 12.7. The molecule has 0 aromatic heterocycles. The van der Waals surface area contributed by atoms with Crippen LogP contribution in [0.3, 0.4) is 0 Å². The first-order valence-electron chi connectivity index (χ1n) is 6.87. The van der Waals surface area contributed by atoms with Gasteiger partial charge in [0.25, 0.3) is 0 Å². The molecule has 0 aliphatic heterocycles. The minimum Gasteiger partial charge on any atom is -0.508 e. The Kier molecular flexibility index (Phi) is 2.73. The van der Waals surface area contributed by atoms with Crippen molar-refractivity contribution in [1.29, 1.82) is 0 Å². The molecule has 0 saturated heterocycles. The summed E-state index contributed by atoms with van der Waals surface area (Å²) in [5.41, 5.74) is 1.95. The lowest BCUT2D eigenvalue weighted by Gasteiger charge is -2.41. The van der Waals surface area contributed by atoms with E-state index in [1.165, 1.54) is 5.57 Å². The van der Waals surface area contributed by atoms with Crippen molar-refractivity contribution < 1.29 is 15.3 Å². The third kappa shape index (κ3) is 1.88. The number of allylic oxidation sites excluding steroid dienone is 2. The Morgan fingerprint density at radius 3 is 2.47 bits per heavy atom. The summed E-state index contributed by atoms with van der Waals surface area (Å²) in [6, 6.07) is 7.23. The molecule has 0 radical (unpaired) electrons. The van der Waals surface area contributed by atoms with Gasteiger partial charge in [0.1, 0.15) is 5.75 Å². The summed E-state index contributed by atoms with van der Waals surface area (Å²) in [7, 11) is 0. The van der Waals surface area contributed by atoms with E-state index in [1.54, 1.807) is 12.1 Å². The number of fused-ring (bicyclic) bond motifs is 1. The van der Waals surface area contributed by atoms with E-state index in [4.69, 9.17) is 0 Å². The van der Waals surface area contributed by atoms with Crippen molar-refractivity contribution in [3.8, 4) is 5.75 Å². The van der Waals surface area contributed by atoms with Crippen LogP contribution in [0.25, 0.3) is 5.57 Å². The lowest BCUT2D eigenvalue weighted by molar-refractivity contribution is -0.228. The SMILES string of the molecule is CC12CCC(c3ccc(O)cc3)=CC1CCC2(O)O. The second kappa shape index (κ2) is 4.09. The molecular formula is C16H20O3. The molecule has 2 atom stereocenters. The fourth-order valence-electron chi connectivity index (χ4n) is 3.55. The molecular weight excluding hydrogens is 240 g/mol. The van der Waals surface area contributed by atoms with E-state index in [2.05, 4.69) is 6.08 Å². The van der Waals surface area contributed by atoms with Crippen molar-refractivity contribution in [1.82, 2.24) is 0 Å². The van der Waals surface area contributed by atoms with Gasteiger partial charge in [-0.05, 0) is 48.4 Å². The maximum atomic E-state index is 10.1. The average Bonchev–Trinajstić information content (AvgIpc) is 2.61. The van der Waals surface area contributed by atoms with Crippen LogP contribution in [0.4, 0.5) is 0 Å². The molecule has 19 heavy (non-hydrogen) atoms. The van der Waals surface area contributed by atoms with Crippen LogP contribution in [0.2, 0.25) is 0 Å². The molecule has 0 heterocycles. The van der Waals surface area contributed by atoms with Crippen molar-refractivity contribution in [2.24, 2.45) is 11.3 Å². The number of aromatic hydroxyl groups is 1. The van der Waals surface area contributed by atoms with Crippen molar-refractivity contribution in [3.63, 3.8) is 0 Å². The highest BCUT2D eigenvalue weighted by atomic mass is 16.5. The number of hydrogen-bond donors (Lipinski definition) is 3. The Hall–Kier alpha value is -1.32. The normalized spacial score (nSPS) is 32.8. The molecule has 2 aliphatic carbocycles. The van der Waals surface area contributed by atoms with Crippen molar-refractivity contribution in [2.75, 3.05) is 0 Å². The Balaban J connectivity index is 1.92. The zero-order chi connectivity index (χ0) is 13.7. The van der Waals surface area contributed by atoms with Crippen molar-refractivity contribution in [3.05, 3.63) is 35.9 Å². The molecule has 3 nitrogen and oxygen atoms in total. The summed E-state index contributed by atoms with van der Waals surface area (Å²) in [4.78, 5) is 0. The molecule has 1 saturated carbocycles. The van der Waals surface area contributed by atoms with Crippen LogP contribution < -0.4 is 0 Å². The molecule has 3 heteroatoms. The number of phenolic OH excluding ortho intramolecular Hbond substituents is 1. The summed E-state index contributed by atoms with van der Waals surface area (Å²) in [5, 5.41) is 29.6. The van der Waals surface area contributed by atoms with Crippen LogP contribution in [0.1, 0.15) is 38.2 Å². The van der Waals surface area contributed by atoms with Crippen LogP contribution >= 0.6 is 0 Å². The van der Waals surface area contributed by atoms with E-state index in [0.29, 0.717) is 6.42 Å². The summed E-state index contributed by atoms with van der Waals surface area (Å²) in [6.07, 6.45) is 5.11. The van der Waals surface area contributed by atoms with Crippen LogP contribution in [-0.4, -0.2) is 21.1 Å². The average molecular weight is 260 g/mol. The van der Waals surface area contributed by atoms with Gasteiger partial charge < -0.3 is 15.3 Å². The number of benzene rings is 1. The third-order valence-electron chi connectivity index (χ3n) is 5.09. The molecule has 0 amide bonds. The molecule has 102 valence electrons. The second-order valence-electron chi connectivity index (χ2n) is 6.12. The minimum atomic E-state index is -1.53. The first-order chi connectivity index (χ1) is 8.92. The Morgan fingerprint density at radius 2 is 1.79 bits per heavy atom. The standard InChI is InChI=1S/C16H20O3/c1-15-8-6-12(11-2-4-14(17)5-3-11)10-13(15)7-9-16(15,18)19/h2-5,10,13,17-19H,6-9H2,1H3. The smallest absolute Gasteiger partial charge is 0.168 e. The first-order valence-corrected chi connectivity index (χ1v) is 6.87. The van der Waals surface area contributed by atoms with Crippen molar-refractivity contribution in [2.45, 2.75) is 38.4 Å². The van der Waals surface area contributed by atoms with Crippen LogP contribution in [-0.2, 0) is 0 Å². The molecule has 3 rings (SSSR count). The lowest BCUT2D eigenvalue weighted by Crippen LogP contribution is -2.45. The fourth-order valence-corrected chi connectivity index (χ4v) is 3.55. The summed E-state index contributed by atoms with van der Waals surface area (Å²) in [5.74, 6) is -1.04. The zero-order valence-corrected chi connectivity index (χ0v) is 11.1. The number of phenols is 1. The highest BCUT2D eigenvalue weighted by molar-refractivity contribution is 5.67. The molecule has 3 N–H and O–H groups in total. The van der Waals surface area contributed by atoms with E-state index >= 15 is 0 Å². The van der Waals surface area contributed by atoms with E-state index in [9.17, 15) is 15.3 Å². The molecule has 0 spiro atoms. The van der Waals surface area contributed by atoms with Gasteiger partial charge in [-0.3, -0.25) is 0 Å². The summed E-state index contributed by atoms with van der Waals surface area (Å²) in [6.45, 7) is 1.98. The van der Waals surface area contributed by atoms with Crippen LogP contribution in [0, 0.1) is 11.3 Å². The van der Waals surface area contributed by atoms with Gasteiger partial charge in [0.15, 0.2) is 5.79 Å². The highest BCUT2D eigenvalue weighted by Crippen LogP contribution is 2.56. The zero-order valence-electron chi connectivity index (χ0n) is 11.1. The third-order valence-corrected chi connectivity index (χ3v) is 5.09. The molecule has 1 aromatic carbocycles. The Morgan fingerprint density at radius 1 is 1.11 bits per heavy atom. The van der Waals surface area contributed by atoms with Crippen LogP contribution in [0.15, 0.2) is 30.3 Å². The summed E-state index contributed by atoms with van der Waals surface area (Å²) < 4.78 is 0. The van der Waals surface area contributed by atoms with Gasteiger partial charge in [-0.2, -0.15) is 0 Å². The molecule has 1 fully saturated rings. The lowest BCUT2D eigenvalue weighted by atomic mass is 9.67. The van der Waals surface area contributed by atoms with Gasteiger partial charge in [0.2, 0.25) is 0 Å². The quantitative estimate of drug-likeness (QED) is 0.680. The number of rotatable bonds is 1. The Labute approximate surface area is 113 Å². The van der Waals surface area contributed by atoms with Gasteiger partial charge >= 0.3 is 0 Å². The van der Waals surface area contributed by atoms with Gasteiger partial charge in [-0.15, -0.1) is 0 Å². The van der Waals surface area contributed by atoms with Gasteiger partial charge in [-0.25, -0.2) is 0 Å². The van der Waals surface area contributed by atoms with E-state index < -0.39 is 11.2 Å². The largest absolute Gasteiger partial charge is 0.508 e. The van der Waals surface area contributed by atoms with E-state index in [0.717, 1.165) is 24.8 Å². The summed E-state index contributed by atoms with van der Waals surface area (Å²) >= 11 is 0. The topological polar surface area (TPSA) is 60.7 Å². The Bertz CT molecular complexity index is 515. The van der Waals surface area contributed by atoms with Gasteiger partial charge in [0.05, 0.1) is 0 Å². The van der Waals surface area contributed by atoms with E-state index in [-0.39, 0.29) is 11.7 Å². The van der Waals surface area contributed by atoms with Gasteiger partial charge in [-0.1, -0.05) is 25.1 Å². The second-order valence-corrected chi connectivity index (χ2v) is 6.12. The maximum Gasteiger partial charge on any atom is 0.168 e. The number of aliphatic hydroxyl groups is 2. The number of hydrogen-bond acceptors (Lipinski definition) is 3. The monoisotopic (exact) mass is 260 g/mol. The van der Waals surface area contributed by atoms with Gasteiger partial charge in [0, 0.05) is 11.8 Å². The van der Waals surface area contributed by atoms with Crippen LogP contribution in [0.5, 0.6) is 5.75 Å². The maximum absolute atomic E-state index is 10.1. The highest BCUT2D eigenvalue weighted by Gasteiger charge is 2.55. The van der Waals surface area contributed by atoms with Crippen molar-refractivity contribution >= 4 is 5.57 Å². The molecule has 2 unspecified atom stereocenters. The minimum absolute atomic E-state index is 0.222. The molecule has 1 aromatic rings. The molecule has 2 aliphatic rings. The predicted octanol–water partition coefficient (Wildman–Crippen LogP) is 2.67. The van der Waals surface area contributed by atoms with E-state index in [1.807, 2.05) is 19.1 Å². The fraction of sp³-hybridized carbons (Fsp3) is 0.500. The molecule has 0 bridgehead atoms.